The van der Waals surface area contributed by atoms with Crippen LogP contribution >= 0.6 is 0 Å². The Bertz CT molecular complexity index is 417. The number of carbonyl (C=O) groups is 1. The number of carbonyl (C=O) groups excluding carboxylic acids is 1. The molecule has 1 amide bonds. The van der Waals surface area contributed by atoms with Crippen molar-refractivity contribution in [2.24, 2.45) is 5.41 Å². The molecule has 1 aromatic carbocycles. The molecule has 0 bridgehead atoms. The maximum absolute atomic E-state index is 12.3. The standard InChI is InChI=1S/C15H20NO/c1-15(2,3)11-14(17)16-10-6-8-12-7-4-5-9-13(12)16/h4-5,7,9H,1,6,8,10-11H2,2-3H3. The number of rotatable bonds is 2. The molecule has 0 aromatic heterocycles. The number of nitrogens with zero attached hydrogens (tertiary/aromatic N) is 1. The lowest BCUT2D eigenvalue weighted by Crippen LogP contribution is -2.37. The minimum Gasteiger partial charge on any atom is -0.312 e. The van der Waals surface area contributed by atoms with Gasteiger partial charge >= 0.3 is 0 Å². The first-order valence-corrected chi connectivity index (χ1v) is 6.21. The van der Waals surface area contributed by atoms with E-state index in [2.05, 4.69) is 13.0 Å². The molecule has 0 aliphatic carbocycles. The van der Waals surface area contributed by atoms with Gasteiger partial charge in [0, 0.05) is 18.7 Å². The van der Waals surface area contributed by atoms with Crippen molar-refractivity contribution in [2.75, 3.05) is 11.4 Å². The molecule has 1 aliphatic rings. The predicted octanol–water partition coefficient (Wildman–Crippen LogP) is 3.22. The number of aryl methyl sites for hydroxylation is 1. The third kappa shape index (κ3) is 2.87. The van der Waals surface area contributed by atoms with Crippen molar-refractivity contribution in [3.8, 4) is 0 Å². The Labute approximate surface area is 104 Å². The maximum atomic E-state index is 12.3. The smallest absolute Gasteiger partial charge is 0.227 e. The van der Waals surface area contributed by atoms with E-state index >= 15 is 0 Å². The van der Waals surface area contributed by atoms with Gasteiger partial charge in [-0.2, -0.15) is 0 Å². The molecule has 0 unspecified atom stereocenters. The molecule has 1 aliphatic heterocycles. The highest BCUT2D eigenvalue weighted by molar-refractivity contribution is 5.94. The molecule has 91 valence electrons. The fraction of sp³-hybridized carbons (Fsp3) is 0.467. The zero-order valence-corrected chi connectivity index (χ0v) is 10.7. The van der Waals surface area contributed by atoms with E-state index in [1.54, 1.807) is 0 Å². The van der Waals surface area contributed by atoms with Gasteiger partial charge in [0.15, 0.2) is 0 Å². The van der Waals surface area contributed by atoms with Crippen LogP contribution in [0, 0.1) is 12.3 Å². The molecule has 2 rings (SSSR count). The van der Waals surface area contributed by atoms with E-state index in [-0.39, 0.29) is 11.3 Å². The van der Waals surface area contributed by atoms with Crippen molar-refractivity contribution in [2.45, 2.75) is 33.1 Å². The largest absolute Gasteiger partial charge is 0.312 e. The van der Waals surface area contributed by atoms with Gasteiger partial charge in [-0.1, -0.05) is 32.0 Å². The third-order valence-electron chi connectivity index (χ3n) is 3.04. The molecule has 0 spiro atoms. The van der Waals surface area contributed by atoms with Crippen LogP contribution in [-0.4, -0.2) is 12.5 Å². The second-order valence-electron chi connectivity index (χ2n) is 5.62. The monoisotopic (exact) mass is 230 g/mol. The molecule has 0 saturated carbocycles. The summed E-state index contributed by atoms with van der Waals surface area (Å²) in [4.78, 5) is 14.2. The van der Waals surface area contributed by atoms with Crippen LogP contribution in [0.25, 0.3) is 0 Å². The van der Waals surface area contributed by atoms with Gasteiger partial charge < -0.3 is 4.90 Å². The lowest BCUT2D eigenvalue weighted by atomic mass is 9.90. The van der Waals surface area contributed by atoms with Crippen LogP contribution < -0.4 is 4.90 Å². The van der Waals surface area contributed by atoms with Crippen molar-refractivity contribution in [1.82, 2.24) is 0 Å². The van der Waals surface area contributed by atoms with E-state index in [9.17, 15) is 4.79 Å². The Morgan fingerprint density at radius 1 is 1.41 bits per heavy atom. The zero-order valence-electron chi connectivity index (χ0n) is 10.7. The molecule has 2 heteroatoms. The average molecular weight is 230 g/mol. The Morgan fingerprint density at radius 2 is 2.12 bits per heavy atom. The minimum atomic E-state index is -0.191. The van der Waals surface area contributed by atoms with Gasteiger partial charge in [0.05, 0.1) is 0 Å². The van der Waals surface area contributed by atoms with E-state index in [0.29, 0.717) is 6.42 Å². The normalized spacial score (nSPS) is 15.6. The highest BCUT2D eigenvalue weighted by Gasteiger charge is 2.25. The van der Waals surface area contributed by atoms with E-state index in [0.717, 1.165) is 25.1 Å². The van der Waals surface area contributed by atoms with E-state index in [1.807, 2.05) is 36.9 Å². The Balaban J connectivity index is 2.21. The first kappa shape index (κ1) is 12.2. The fourth-order valence-corrected chi connectivity index (χ4v) is 2.30. The van der Waals surface area contributed by atoms with Crippen LogP contribution in [0.5, 0.6) is 0 Å². The number of amides is 1. The minimum absolute atomic E-state index is 0.191. The van der Waals surface area contributed by atoms with Gasteiger partial charge in [-0.25, -0.2) is 0 Å². The molecule has 1 radical (unpaired) electrons. The average Bonchev–Trinajstić information content (AvgIpc) is 2.26. The van der Waals surface area contributed by atoms with Gasteiger partial charge in [-0.05, 0) is 36.8 Å². The molecule has 17 heavy (non-hydrogen) atoms. The molecule has 0 saturated heterocycles. The van der Waals surface area contributed by atoms with Crippen LogP contribution in [0.1, 0.15) is 32.3 Å². The second-order valence-corrected chi connectivity index (χ2v) is 5.62. The highest BCUT2D eigenvalue weighted by atomic mass is 16.2. The lowest BCUT2D eigenvalue weighted by molar-refractivity contribution is -0.120. The molecule has 0 fully saturated rings. The fourth-order valence-electron chi connectivity index (χ4n) is 2.30. The van der Waals surface area contributed by atoms with Crippen LogP contribution in [0.2, 0.25) is 0 Å². The van der Waals surface area contributed by atoms with Crippen molar-refractivity contribution in [3.05, 3.63) is 36.8 Å². The van der Waals surface area contributed by atoms with Crippen molar-refractivity contribution in [1.29, 1.82) is 0 Å². The van der Waals surface area contributed by atoms with E-state index in [1.165, 1.54) is 5.56 Å². The summed E-state index contributed by atoms with van der Waals surface area (Å²) < 4.78 is 0. The molecular formula is C15H20NO. The first-order valence-electron chi connectivity index (χ1n) is 6.21. The zero-order chi connectivity index (χ0) is 12.5. The van der Waals surface area contributed by atoms with Gasteiger partial charge in [0.1, 0.15) is 0 Å². The summed E-state index contributed by atoms with van der Waals surface area (Å²) in [5.41, 5.74) is 2.19. The molecule has 2 nitrogen and oxygen atoms in total. The van der Waals surface area contributed by atoms with E-state index in [4.69, 9.17) is 0 Å². The number of benzene rings is 1. The number of fused-ring (bicyclic) bond motifs is 1. The quantitative estimate of drug-likeness (QED) is 0.764. The third-order valence-corrected chi connectivity index (χ3v) is 3.04. The predicted molar refractivity (Wildman–Crippen MR) is 70.9 cm³/mol. The van der Waals surface area contributed by atoms with Crippen molar-refractivity contribution >= 4 is 11.6 Å². The van der Waals surface area contributed by atoms with E-state index < -0.39 is 0 Å². The highest BCUT2D eigenvalue weighted by Crippen LogP contribution is 2.29. The van der Waals surface area contributed by atoms with Gasteiger partial charge in [0.25, 0.3) is 0 Å². The van der Waals surface area contributed by atoms with Gasteiger partial charge in [0.2, 0.25) is 5.91 Å². The van der Waals surface area contributed by atoms with Gasteiger partial charge in [-0.15, -0.1) is 0 Å². The summed E-state index contributed by atoms with van der Waals surface area (Å²) in [5.74, 6) is 0.192. The van der Waals surface area contributed by atoms with Crippen LogP contribution in [0.15, 0.2) is 24.3 Å². The van der Waals surface area contributed by atoms with Crippen LogP contribution in [0.3, 0.4) is 0 Å². The number of hydrogen-bond donors (Lipinski definition) is 0. The summed E-state index contributed by atoms with van der Waals surface area (Å²) in [5, 5.41) is 0. The van der Waals surface area contributed by atoms with Gasteiger partial charge in [-0.3, -0.25) is 4.79 Å². The Morgan fingerprint density at radius 3 is 2.82 bits per heavy atom. The molecule has 1 heterocycles. The van der Waals surface area contributed by atoms with Crippen LogP contribution in [0.4, 0.5) is 5.69 Å². The van der Waals surface area contributed by atoms with Crippen LogP contribution in [-0.2, 0) is 11.2 Å². The maximum Gasteiger partial charge on any atom is 0.227 e. The molecule has 0 N–H and O–H groups in total. The molecular weight excluding hydrogens is 210 g/mol. The summed E-state index contributed by atoms with van der Waals surface area (Å²) in [6.45, 7) is 8.85. The van der Waals surface area contributed by atoms with Crippen molar-refractivity contribution in [3.63, 3.8) is 0 Å². The lowest BCUT2D eigenvalue weighted by Gasteiger charge is -2.31. The Hall–Kier alpha value is -1.31. The molecule has 1 aromatic rings. The number of para-hydroxylation sites is 1. The Kier molecular flexibility index (Phi) is 3.23. The van der Waals surface area contributed by atoms with Crippen molar-refractivity contribution < 1.29 is 4.79 Å². The summed E-state index contributed by atoms with van der Waals surface area (Å²) in [6, 6.07) is 8.20. The first-order chi connectivity index (χ1) is 7.97. The second kappa shape index (κ2) is 4.52. The summed E-state index contributed by atoms with van der Waals surface area (Å²) in [6.07, 6.45) is 2.63. The number of anilines is 1. The SMILES string of the molecule is [CH2]C(C)(C)CC(=O)N1CCCc2ccccc21. The topological polar surface area (TPSA) is 20.3 Å². The summed E-state index contributed by atoms with van der Waals surface area (Å²) >= 11 is 0. The molecule has 0 atom stereocenters. The number of hydrogen-bond acceptors (Lipinski definition) is 1. The summed E-state index contributed by atoms with van der Waals surface area (Å²) in [7, 11) is 0.